The molecule has 1 fully saturated rings. The number of cyclic esters (lactones) is 1. The summed E-state index contributed by atoms with van der Waals surface area (Å²) in [6.07, 6.45) is 0.458. The molecule has 10 nitrogen and oxygen atoms in total. The number of amides is 3. The van der Waals surface area contributed by atoms with Crippen molar-refractivity contribution in [3.63, 3.8) is 0 Å². The van der Waals surface area contributed by atoms with Gasteiger partial charge in [0.05, 0.1) is 12.6 Å². The van der Waals surface area contributed by atoms with Gasteiger partial charge in [-0.25, -0.2) is 0 Å². The molecular formula is C32H52N4O6. The molecule has 0 bridgehead atoms. The van der Waals surface area contributed by atoms with Crippen LogP contribution < -0.4 is 21.4 Å². The van der Waals surface area contributed by atoms with E-state index in [2.05, 4.69) is 21.4 Å². The van der Waals surface area contributed by atoms with Crippen LogP contribution in [0.15, 0.2) is 30.3 Å². The number of carbonyl (C=O) groups excluding carboxylic acids is 4. The molecule has 1 aromatic carbocycles. The smallest absolute Gasteiger partial charge is 0.326 e. The van der Waals surface area contributed by atoms with E-state index in [1.807, 2.05) is 85.7 Å². The summed E-state index contributed by atoms with van der Waals surface area (Å²) in [4.78, 5) is 59.7. The van der Waals surface area contributed by atoms with Gasteiger partial charge in [0.25, 0.3) is 5.91 Å². The second-order valence-corrected chi connectivity index (χ2v) is 13.0. The summed E-state index contributed by atoms with van der Waals surface area (Å²) >= 11 is 0. The third-order valence-electron chi connectivity index (χ3n) is 7.00. The summed E-state index contributed by atoms with van der Waals surface area (Å²) < 4.78 is 5.78. The van der Waals surface area contributed by atoms with E-state index in [-0.39, 0.29) is 36.2 Å². The number of ether oxygens (including phenoxy) is 1. The molecule has 2 rings (SSSR count). The molecule has 1 saturated heterocycles. The second-order valence-electron chi connectivity index (χ2n) is 13.0. The van der Waals surface area contributed by atoms with Crippen molar-refractivity contribution in [2.45, 2.75) is 111 Å². The van der Waals surface area contributed by atoms with Gasteiger partial charge in [-0.3, -0.25) is 24.0 Å². The fourth-order valence-corrected chi connectivity index (χ4v) is 4.87. The lowest BCUT2D eigenvalue weighted by molar-refractivity contribution is -0.163. The average molecular weight is 589 g/mol. The van der Waals surface area contributed by atoms with E-state index in [9.17, 15) is 19.2 Å². The molecule has 236 valence electrons. The Morgan fingerprint density at radius 2 is 1.31 bits per heavy atom. The zero-order valence-electron chi connectivity index (χ0n) is 26.6. The van der Waals surface area contributed by atoms with Gasteiger partial charge in [-0.1, -0.05) is 85.7 Å². The van der Waals surface area contributed by atoms with E-state index >= 15 is 0 Å². The SMILES string of the molecule is CC(C)CC1OC(=O)[C@H](CC(C)C)NOC[C@H](Cc2ccccc2)NC(=O)[C@H](C(C)C)NC(=O)[C@H](CC(C)C)NC1=O. The van der Waals surface area contributed by atoms with Crippen molar-refractivity contribution in [3.8, 4) is 0 Å². The Kier molecular flexibility index (Phi) is 14.4. The van der Waals surface area contributed by atoms with E-state index in [0.29, 0.717) is 25.7 Å². The highest BCUT2D eigenvalue weighted by atomic mass is 16.7. The standard InChI is InChI=1S/C32H52N4O6/c1-19(2)14-25-29(37)35-28(22(7)8)31(39)33-24(17-23-12-10-9-11-13-23)18-41-36-26(15-20(3)4)32(40)42-27(16-21(5)6)30(38)34-25/h9-13,19-22,24-28,36H,14-18H2,1-8H3,(H,33,39)(H,34,38)(H,35,37)/t24-,25-,26-,27?,28-/m0/s1. The Balaban J connectivity index is 2.47. The third-order valence-corrected chi connectivity index (χ3v) is 7.00. The molecule has 1 heterocycles. The first-order valence-electron chi connectivity index (χ1n) is 15.3. The normalized spacial score (nSPS) is 25.4. The van der Waals surface area contributed by atoms with E-state index in [0.717, 1.165) is 5.56 Å². The maximum Gasteiger partial charge on any atom is 0.326 e. The topological polar surface area (TPSA) is 135 Å². The molecule has 4 N–H and O–H groups in total. The molecular weight excluding hydrogens is 536 g/mol. The van der Waals surface area contributed by atoms with Crippen molar-refractivity contribution in [2.24, 2.45) is 23.7 Å². The number of carbonyl (C=O) groups is 4. The van der Waals surface area contributed by atoms with Crippen LogP contribution in [-0.4, -0.2) is 60.6 Å². The zero-order valence-corrected chi connectivity index (χ0v) is 26.6. The second kappa shape index (κ2) is 17.2. The molecule has 0 saturated carbocycles. The monoisotopic (exact) mass is 588 g/mol. The van der Waals surface area contributed by atoms with Gasteiger partial charge in [-0.15, -0.1) is 0 Å². The summed E-state index contributed by atoms with van der Waals surface area (Å²) in [6.45, 7) is 15.5. The Bertz CT molecular complexity index is 1010. The van der Waals surface area contributed by atoms with E-state index in [1.165, 1.54) is 0 Å². The van der Waals surface area contributed by atoms with Gasteiger partial charge in [0.15, 0.2) is 6.10 Å². The Labute approximate surface area is 251 Å². The number of esters is 1. The first kappa shape index (κ1) is 35.2. The molecule has 1 aliphatic rings. The molecule has 0 radical (unpaired) electrons. The fourth-order valence-electron chi connectivity index (χ4n) is 4.87. The van der Waals surface area contributed by atoms with Gasteiger partial charge >= 0.3 is 5.97 Å². The minimum atomic E-state index is -1.08. The van der Waals surface area contributed by atoms with Gasteiger partial charge in [-0.05, 0) is 54.9 Å². The predicted molar refractivity (Wildman–Crippen MR) is 162 cm³/mol. The first-order chi connectivity index (χ1) is 19.8. The maximum absolute atomic E-state index is 13.6. The van der Waals surface area contributed by atoms with Gasteiger partial charge in [0.1, 0.15) is 18.1 Å². The van der Waals surface area contributed by atoms with Crippen LogP contribution in [-0.2, 0) is 35.2 Å². The lowest BCUT2D eigenvalue weighted by Gasteiger charge is -2.30. The number of hydrogen-bond acceptors (Lipinski definition) is 7. The van der Waals surface area contributed by atoms with Crippen LogP contribution in [0.4, 0.5) is 0 Å². The highest BCUT2D eigenvalue weighted by Crippen LogP contribution is 2.16. The summed E-state index contributed by atoms with van der Waals surface area (Å²) in [5.74, 6) is -1.90. The quantitative estimate of drug-likeness (QED) is 0.325. The van der Waals surface area contributed by atoms with E-state index < -0.39 is 48.1 Å². The Morgan fingerprint density at radius 3 is 1.88 bits per heavy atom. The maximum atomic E-state index is 13.6. The number of hydroxylamine groups is 1. The number of rotatable bonds is 9. The molecule has 10 heteroatoms. The van der Waals surface area contributed by atoms with Crippen LogP contribution in [0.3, 0.4) is 0 Å². The molecule has 0 spiro atoms. The van der Waals surface area contributed by atoms with Crippen molar-refractivity contribution in [3.05, 3.63) is 35.9 Å². The van der Waals surface area contributed by atoms with E-state index in [1.54, 1.807) is 0 Å². The van der Waals surface area contributed by atoms with Crippen molar-refractivity contribution < 1.29 is 28.8 Å². The lowest BCUT2D eigenvalue weighted by Crippen LogP contribution is -2.58. The summed E-state index contributed by atoms with van der Waals surface area (Å²) in [7, 11) is 0. The number of nitrogens with one attached hydrogen (secondary N) is 4. The third kappa shape index (κ3) is 12.1. The van der Waals surface area contributed by atoms with Crippen LogP contribution >= 0.6 is 0 Å². The molecule has 5 atom stereocenters. The minimum Gasteiger partial charge on any atom is -0.451 e. The van der Waals surface area contributed by atoms with Crippen molar-refractivity contribution in [2.75, 3.05) is 6.61 Å². The van der Waals surface area contributed by atoms with Crippen LogP contribution in [0.1, 0.15) is 80.2 Å². The molecule has 0 aliphatic carbocycles. The molecule has 0 aromatic heterocycles. The number of hydrogen-bond donors (Lipinski definition) is 4. The minimum absolute atomic E-state index is 0.0528. The van der Waals surface area contributed by atoms with Crippen LogP contribution in [0.2, 0.25) is 0 Å². The van der Waals surface area contributed by atoms with Crippen LogP contribution in [0.25, 0.3) is 0 Å². The van der Waals surface area contributed by atoms with Crippen molar-refractivity contribution >= 4 is 23.7 Å². The highest BCUT2D eigenvalue weighted by Gasteiger charge is 2.34. The molecule has 1 aromatic rings. The zero-order chi connectivity index (χ0) is 31.4. The molecule has 1 unspecified atom stereocenters. The Hall–Kier alpha value is -2.98. The van der Waals surface area contributed by atoms with Gasteiger partial charge in [-0.2, -0.15) is 5.48 Å². The van der Waals surface area contributed by atoms with Gasteiger partial charge < -0.3 is 20.7 Å². The summed E-state index contributed by atoms with van der Waals surface area (Å²) in [5.41, 5.74) is 3.85. The van der Waals surface area contributed by atoms with Crippen molar-refractivity contribution in [1.82, 2.24) is 21.4 Å². The van der Waals surface area contributed by atoms with Crippen LogP contribution in [0.5, 0.6) is 0 Å². The average Bonchev–Trinajstić information content (AvgIpc) is 2.89. The molecule has 3 amide bonds. The summed E-state index contributed by atoms with van der Waals surface area (Å²) in [6, 6.07) is 6.69. The molecule has 1 aliphatic heterocycles. The van der Waals surface area contributed by atoms with E-state index in [4.69, 9.17) is 9.57 Å². The van der Waals surface area contributed by atoms with Crippen molar-refractivity contribution in [1.29, 1.82) is 0 Å². The van der Waals surface area contributed by atoms with Gasteiger partial charge in [0.2, 0.25) is 11.8 Å². The summed E-state index contributed by atoms with van der Waals surface area (Å²) in [5, 5.41) is 8.72. The van der Waals surface area contributed by atoms with Gasteiger partial charge in [0, 0.05) is 0 Å². The molecule has 42 heavy (non-hydrogen) atoms. The lowest BCUT2D eigenvalue weighted by atomic mass is 9.98. The highest BCUT2D eigenvalue weighted by molar-refractivity contribution is 5.93. The fraction of sp³-hybridized carbons (Fsp3) is 0.688. The van der Waals surface area contributed by atoms with Crippen LogP contribution in [0, 0.1) is 23.7 Å². The Morgan fingerprint density at radius 1 is 0.714 bits per heavy atom. The first-order valence-corrected chi connectivity index (χ1v) is 15.3. The predicted octanol–water partition coefficient (Wildman–Crippen LogP) is 3.29. The largest absolute Gasteiger partial charge is 0.451 e. The number of benzene rings is 1.